The van der Waals surface area contributed by atoms with Crippen molar-refractivity contribution in [3.05, 3.63) is 47.7 Å². The van der Waals surface area contributed by atoms with E-state index in [2.05, 4.69) is 10.4 Å². The van der Waals surface area contributed by atoms with Gasteiger partial charge in [-0.25, -0.2) is 9.48 Å². The lowest BCUT2D eigenvalue weighted by molar-refractivity contribution is -0.128. The van der Waals surface area contributed by atoms with Gasteiger partial charge in [0.25, 0.3) is 5.91 Å². The van der Waals surface area contributed by atoms with Crippen molar-refractivity contribution >= 4 is 23.6 Å². The lowest BCUT2D eigenvalue weighted by Crippen LogP contribution is -2.24. The zero-order valence-corrected chi connectivity index (χ0v) is 16.1. The first-order chi connectivity index (χ1) is 13.4. The number of anilines is 1. The molecule has 1 aromatic carbocycles. The summed E-state index contributed by atoms with van der Waals surface area (Å²) in [7, 11) is 0. The number of hydrogen-bond donors (Lipinski definition) is 1. The van der Waals surface area contributed by atoms with Crippen LogP contribution in [0.5, 0.6) is 0 Å². The van der Waals surface area contributed by atoms with Gasteiger partial charge >= 0.3 is 5.97 Å². The fourth-order valence-corrected chi connectivity index (χ4v) is 3.06. The molecule has 1 aliphatic heterocycles. The van der Waals surface area contributed by atoms with Gasteiger partial charge in [-0.1, -0.05) is 12.1 Å². The molecule has 0 atom stereocenters. The summed E-state index contributed by atoms with van der Waals surface area (Å²) in [6.07, 6.45) is 3.09. The minimum absolute atomic E-state index is 0.0993. The van der Waals surface area contributed by atoms with Crippen LogP contribution >= 0.6 is 0 Å². The van der Waals surface area contributed by atoms with Crippen molar-refractivity contribution in [3.63, 3.8) is 0 Å². The third-order valence-electron chi connectivity index (χ3n) is 4.50. The number of nitrogens with one attached hydrogen (secondary N) is 1. The van der Waals surface area contributed by atoms with Crippen LogP contribution in [0.4, 0.5) is 5.82 Å². The fraction of sp³-hybridized carbons (Fsp3) is 0.400. The monoisotopic (exact) mass is 384 g/mol. The molecule has 1 fully saturated rings. The third-order valence-corrected chi connectivity index (χ3v) is 4.50. The maximum Gasteiger partial charge on any atom is 0.338 e. The average Bonchev–Trinajstić information content (AvgIpc) is 3.29. The summed E-state index contributed by atoms with van der Waals surface area (Å²) in [6, 6.07) is 8.66. The second-order valence-corrected chi connectivity index (χ2v) is 6.99. The first-order valence-corrected chi connectivity index (χ1v) is 9.31. The molecule has 0 spiro atoms. The first-order valence-electron chi connectivity index (χ1n) is 9.31. The van der Waals surface area contributed by atoms with E-state index in [1.807, 2.05) is 13.8 Å². The molecule has 28 heavy (non-hydrogen) atoms. The molecule has 2 heterocycles. The van der Waals surface area contributed by atoms with Crippen molar-refractivity contribution in [1.82, 2.24) is 14.7 Å². The quantitative estimate of drug-likeness (QED) is 0.740. The molecule has 1 aromatic heterocycles. The highest BCUT2D eigenvalue weighted by atomic mass is 16.5. The van der Waals surface area contributed by atoms with Crippen LogP contribution in [0.1, 0.15) is 48.7 Å². The van der Waals surface area contributed by atoms with E-state index < -0.39 is 11.9 Å². The minimum atomic E-state index is -0.573. The Hall–Kier alpha value is -3.16. The van der Waals surface area contributed by atoms with E-state index in [0.717, 1.165) is 18.5 Å². The van der Waals surface area contributed by atoms with E-state index in [-0.39, 0.29) is 18.6 Å². The van der Waals surface area contributed by atoms with Crippen LogP contribution in [0.3, 0.4) is 0 Å². The molecule has 0 aliphatic carbocycles. The van der Waals surface area contributed by atoms with Gasteiger partial charge in [0.05, 0.1) is 11.8 Å². The van der Waals surface area contributed by atoms with E-state index in [9.17, 15) is 14.4 Å². The van der Waals surface area contributed by atoms with Crippen LogP contribution in [0.25, 0.3) is 0 Å². The fourth-order valence-electron chi connectivity index (χ4n) is 3.06. The van der Waals surface area contributed by atoms with Crippen LogP contribution in [0.2, 0.25) is 0 Å². The predicted octanol–water partition coefficient (Wildman–Crippen LogP) is 2.38. The Morgan fingerprint density at radius 3 is 2.61 bits per heavy atom. The zero-order valence-electron chi connectivity index (χ0n) is 16.1. The number of nitrogens with zero attached hydrogens (tertiary/aromatic N) is 3. The van der Waals surface area contributed by atoms with Crippen molar-refractivity contribution in [2.45, 2.75) is 39.3 Å². The van der Waals surface area contributed by atoms with Gasteiger partial charge in [-0.05, 0) is 38.0 Å². The van der Waals surface area contributed by atoms with Gasteiger partial charge in [-0.3, -0.25) is 9.59 Å². The number of rotatable bonds is 7. The highest BCUT2D eigenvalue weighted by Crippen LogP contribution is 2.15. The molecule has 148 valence electrons. The molecule has 1 N–H and O–H groups in total. The Kier molecular flexibility index (Phi) is 6.08. The molecule has 8 nitrogen and oxygen atoms in total. The minimum Gasteiger partial charge on any atom is -0.452 e. The van der Waals surface area contributed by atoms with Crippen LogP contribution in [-0.2, 0) is 20.9 Å². The van der Waals surface area contributed by atoms with E-state index in [0.29, 0.717) is 24.3 Å². The standard InChI is InChI=1S/C20H24N4O4/c1-14(2)24-17(9-10-21-24)22-18(25)13-28-20(27)16-7-5-15(6-8-16)12-23-11-3-4-19(23)26/h5-10,14H,3-4,11-13H2,1-2H3,(H,22,25). The number of carbonyl (C=O) groups is 3. The van der Waals surface area contributed by atoms with Gasteiger partial charge in [0, 0.05) is 31.6 Å². The van der Waals surface area contributed by atoms with Crippen molar-refractivity contribution in [1.29, 1.82) is 0 Å². The van der Waals surface area contributed by atoms with E-state index in [1.54, 1.807) is 46.1 Å². The van der Waals surface area contributed by atoms with Crippen LogP contribution in [-0.4, -0.2) is 45.6 Å². The normalized spacial score (nSPS) is 13.8. The SMILES string of the molecule is CC(C)n1nccc1NC(=O)COC(=O)c1ccc(CN2CCCC2=O)cc1. The van der Waals surface area contributed by atoms with E-state index in [1.165, 1.54) is 0 Å². The van der Waals surface area contributed by atoms with Gasteiger partial charge in [-0.15, -0.1) is 0 Å². The summed E-state index contributed by atoms with van der Waals surface area (Å²) in [4.78, 5) is 37.7. The number of aromatic nitrogens is 2. The number of hydrogen-bond acceptors (Lipinski definition) is 5. The Balaban J connectivity index is 1.49. The molecule has 0 bridgehead atoms. The highest BCUT2D eigenvalue weighted by molar-refractivity contribution is 5.95. The maximum atomic E-state index is 12.2. The summed E-state index contributed by atoms with van der Waals surface area (Å²) < 4.78 is 6.75. The largest absolute Gasteiger partial charge is 0.452 e. The Morgan fingerprint density at radius 1 is 1.21 bits per heavy atom. The van der Waals surface area contributed by atoms with Gasteiger partial charge in [0.15, 0.2) is 6.61 Å². The Labute approximate surface area is 163 Å². The molecular formula is C20H24N4O4. The zero-order chi connectivity index (χ0) is 20.1. The Morgan fingerprint density at radius 2 is 1.96 bits per heavy atom. The number of benzene rings is 1. The van der Waals surface area contributed by atoms with E-state index >= 15 is 0 Å². The van der Waals surface area contributed by atoms with Crippen molar-refractivity contribution in [2.24, 2.45) is 0 Å². The van der Waals surface area contributed by atoms with Crippen molar-refractivity contribution in [3.8, 4) is 0 Å². The molecule has 0 saturated carbocycles. The van der Waals surface area contributed by atoms with Gasteiger partial charge in [-0.2, -0.15) is 5.10 Å². The molecule has 3 rings (SSSR count). The third kappa shape index (κ3) is 4.76. The number of amides is 2. The van der Waals surface area contributed by atoms with Crippen LogP contribution in [0, 0.1) is 0 Å². The maximum absolute atomic E-state index is 12.2. The topological polar surface area (TPSA) is 93.5 Å². The lowest BCUT2D eigenvalue weighted by atomic mass is 10.1. The molecule has 8 heteroatoms. The second kappa shape index (κ2) is 8.69. The molecule has 2 aromatic rings. The summed E-state index contributed by atoms with van der Waals surface area (Å²) in [5.41, 5.74) is 1.31. The predicted molar refractivity (Wildman–Crippen MR) is 103 cm³/mol. The Bertz CT molecular complexity index is 857. The van der Waals surface area contributed by atoms with Gasteiger partial charge in [0.1, 0.15) is 5.82 Å². The number of carbonyl (C=O) groups excluding carboxylic acids is 3. The molecule has 1 aliphatic rings. The number of ether oxygens (including phenoxy) is 1. The summed E-state index contributed by atoms with van der Waals surface area (Å²) in [5.74, 6) is -0.290. The average molecular weight is 384 g/mol. The number of likely N-dealkylation sites (tertiary alicyclic amines) is 1. The smallest absolute Gasteiger partial charge is 0.338 e. The first kappa shape index (κ1) is 19.6. The summed E-state index contributed by atoms with van der Waals surface area (Å²) in [5, 5.41) is 6.81. The number of esters is 1. The summed E-state index contributed by atoms with van der Waals surface area (Å²) >= 11 is 0. The van der Waals surface area contributed by atoms with Gasteiger partial charge < -0.3 is 15.0 Å². The summed E-state index contributed by atoms with van der Waals surface area (Å²) in [6.45, 7) is 4.83. The highest BCUT2D eigenvalue weighted by Gasteiger charge is 2.20. The van der Waals surface area contributed by atoms with Gasteiger partial charge in [0.2, 0.25) is 5.91 Å². The van der Waals surface area contributed by atoms with Crippen molar-refractivity contribution in [2.75, 3.05) is 18.5 Å². The molecule has 0 radical (unpaired) electrons. The van der Waals surface area contributed by atoms with Crippen molar-refractivity contribution < 1.29 is 19.1 Å². The van der Waals surface area contributed by atoms with Crippen LogP contribution in [0.15, 0.2) is 36.5 Å². The molecule has 1 saturated heterocycles. The van der Waals surface area contributed by atoms with E-state index in [4.69, 9.17) is 4.74 Å². The van der Waals surface area contributed by atoms with Crippen LogP contribution < -0.4 is 5.32 Å². The second-order valence-electron chi connectivity index (χ2n) is 6.99. The molecule has 0 unspecified atom stereocenters. The lowest BCUT2D eigenvalue weighted by Gasteiger charge is -2.15. The molecule has 2 amide bonds. The molecular weight excluding hydrogens is 360 g/mol.